The van der Waals surface area contributed by atoms with Crippen LogP contribution in [0.15, 0.2) is 48.7 Å². The van der Waals surface area contributed by atoms with E-state index in [0.717, 1.165) is 33.3 Å². The molecule has 7 heteroatoms. The van der Waals surface area contributed by atoms with Gasteiger partial charge in [0.05, 0.1) is 11.2 Å². The zero-order valence-electron chi connectivity index (χ0n) is 17.6. The number of carbonyl (C=O) groups is 1. The average Bonchev–Trinajstić information content (AvgIpc) is 3.27. The van der Waals surface area contributed by atoms with Gasteiger partial charge in [-0.05, 0) is 38.0 Å². The Morgan fingerprint density at radius 2 is 1.93 bits per heavy atom. The molecule has 4 rings (SSSR count). The lowest BCUT2D eigenvalue weighted by Gasteiger charge is -2.08. The summed E-state index contributed by atoms with van der Waals surface area (Å²) in [4.78, 5) is 12.4. The predicted molar refractivity (Wildman–Crippen MR) is 117 cm³/mol. The van der Waals surface area contributed by atoms with Crippen molar-refractivity contribution in [1.29, 1.82) is 0 Å². The van der Waals surface area contributed by atoms with E-state index in [2.05, 4.69) is 47.6 Å². The van der Waals surface area contributed by atoms with Crippen molar-refractivity contribution in [2.75, 3.05) is 5.32 Å². The van der Waals surface area contributed by atoms with Crippen LogP contribution in [-0.2, 0) is 24.9 Å². The number of rotatable bonds is 5. The minimum absolute atomic E-state index is 0.169. The Bertz CT molecular complexity index is 1220. The van der Waals surface area contributed by atoms with Crippen molar-refractivity contribution in [1.82, 2.24) is 19.6 Å². The van der Waals surface area contributed by atoms with E-state index in [-0.39, 0.29) is 6.61 Å². The lowest BCUT2D eigenvalue weighted by Crippen LogP contribution is -2.16. The number of nitrogens with zero attached hydrogens (tertiary/aromatic N) is 4. The third-order valence-electron chi connectivity index (χ3n) is 5.02. The van der Waals surface area contributed by atoms with Crippen LogP contribution < -0.4 is 5.32 Å². The number of ether oxygens (including phenoxy) is 1. The molecule has 0 spiro atoms. The first-order chi connectivity index (χ1) is 14.4. The third-order valence-corrected chi connectivity index (χ3v) is 5.02. The van der Waals surface area contributed by atoms with Crippen LogP contribution in [0.3, 0.4) is 0 Å². The molecule has 30 heavy (non-hydrogen) atoms. The molecule has 0 fully saturated rings. The van der Waals surface area contributed by atoms with Gasteiger partial charge in [0.2, 0.25) is 0 Å². The van der Waals surface area contributed by atoms with Gasteiger partial charge in [-0.3, -0.25) is 10.00 Å². The lowest BCUT2D eigenvalue weighted by molar-refractivity contribution is 0.155. The summed E-state index contributed by atoms with van der Waals surface area (Å²) >= 11 is 0. The maximum absolute atomic E-state index is 12.4. The Labute approximate surface area is 175 Å². The van der Waals surface area contributed by atoms with E-state index >= 15 is 0 Å². The Morgan fingerprint density at radius 1 is 1.10 bits per heavy atom. The highest BCUT2D eigenvalue weighted by Crippen LogP contribution is 2.26. The van der Waals surface area contributed by atoms with E-state index in [0.29, 0.717) is 12.4 Å². The van der Waals surface area contributed by atoms with Crippen molar-refractivity contribution in [2.24, 2.45) is 7.05 Å². The highest BCUT2D eigenvalue weighted by Gasteiger charge is 2.14. The van der Waals surface area contributed by atoms with Crippen LogP contribution in [0.1, 0.15) is 23.6 Å². The molecular weight excluding hydrogens is 378 g/mol. The number of hydrogen-bond donors (Lipinski definition) is 1. The molecule has 2 heterocycles. The summed E-state index contributed by atoms with van der Waals surface area (Å²) in [6, 6.07) is 14.0. The van der Waals surface area contributed by atoms with Gasteiger partial charge in [-0.1, -0.05) is 35.9 Å². The number of hydrogen-bond acceptors (Lipinski definition) is 4. The molecule has 0 atom stereocenters. The summed E-state index contributed by atoms with van der Waals surface area (Å²) in [6.45, 7) is 6.92. The average molecular weight is 403 g/mol. The van der Waals surface area contributed by atoms with E-state index < -0.39 is 6.09 Å². The molecule has 0 aliphatic carbocycles. The van der Waals surface area contributed by atoms with E-state index in [1.54, 1.807) is 9.36 Å². The molecule has 4 aromatic rings. The largest absolute Gasteiger partial charge is 0.444 e. The molecule has 7 nitrogen and oxygen atoms in total. The zero-order chi connectivity index (χ0) is 21.3. The Morgan fingerprint density at radius 3 is 2.70 bits per heavy atom. The number of amides is 1. The maximum Gasteiger partial charge on any atom is 0.413 e. The summed E-state index contributed by atoms with van der Waals surface area (Å²) in [6.07, 6.45) is 1.43. The SMILES string of the molecule is CCn1nc(-c2ccc(C)cc2C)cc1NC(=O)OCc1ccc2cn(C)nc2c1. The molecule has 0 saturated heterocycles. The van der Waals surface area contributed by atoms with Crippen LogP contribution >= 0.6 is 0 Å². The first kappa shape index (κ1) is 19.7. The Balaban J connectivity index is 1.46. The zero-order valence-corrected chi connectivity index (χ0v) is 17.6. The van der Waals surface area contributed by atoms with Gasteiger partial charge < -0.3 is 4.74 Å². The van der Waals surface area contributed by atoms with Crippen LogP contribution in [0, 0.1) is 13.8 Å². The molecule has 1 N–H and O–H groups in total. The van der Waals surface area contributed by atoms with Gasteiger partial charge in [-0.2, -0.15) is 10.2 Å². The molecule has 0 aliphatic rings. The number of benzene rings is 2. The fraction of sp³-hybridized carbons (Fsp3) is 0.261. The van der Waals surface area contributed by atoms with Crippen molar-refractivity contribution < 1.29 is 9.53 Å². The number of nitrogens with one attached hydrogen (secondary N) is 1. The van der Waals surface area contributed by atoms with Crippen LogP contribution in [0.4, 0.5) is 10.6 Å². The second-order valence-electron chi connectivity index (χ2n) is 7.45. The molecule has 0 bridgehead atoms. The van der Waals surface area contributed by atoms with Crippen molar-refractivity contribution >= 4 is 22.8 Å². The second kappa shape index (κ2) is 8.02. The lowest BCUT2D eigenvalue weighted by atomic mass is 10.0. The minimum Gasteiger partial charge on any atom is -0.444 e. The van der Waals surface area contributed by atoms with Crippen molar-refractivity contribution in [2.45, 2.75) is 33.9 Å². The fourth-order valence-electron chi connectivity index (χ4n) is 3.56. The van der Waals surface area contributed by atoms with Gasteiger partial charge in [0, 0.05) is 36.8 Å². The van der Waals surface area contributed by atoms with Crippen LogP contribution in [0.5, 0.6) is 0 Å². The molecule has 0 unspecified atom stereocenters. The van der Waals surface area contributed by atoms with Gasteiger partial charge in [0.1, 0.15) is 12.4 Å². The molecule has 1 amide bonds. The van der Waals surface area contributed by atoms with Crippen molar-refractivity contribution in [3.05, 3.63) is 65.4 Å². The first-order valence-corrected chi connectivity index (χ1v) is 9.94. The molecule has 2 aromatic carbocycles. The Kier molecular flexibility index (Phi) is 5.27. The van der Waals surface area contributed by atoms with E-state index in [1.807, 2.05) is 44.4 Å². The van der Waals surface area contributed by atoms with Crippen LogP contribution in [-0.4, -0.2) is 25.7 Å². The molecule has 0 radical (unpaired) electrons. The monoisotopic (exact) mass is 403 g/mol. The van der Waals surface area contributed by atoms with Gasteiger partial charge >= 0.3 is 6.09 Å². The molecule has 0 aliphatic heterocycles. The smallest absolute Gasteiger partial charge is 0.413 e. The van der Waals surface area contributed by atoms with Gasteiger partial charge in [0.15, 0.2) is 0 Å². The molecule has 0 saturated carbocycles. The fourth-order valence-corrected chi connectivity index (χ4v) is 3.56. The molecular formula is C23H25N5O2. The summed E-state index contributed by atoms with van der Waals surface area (Å²) in [5, 5.41) is 12.9. The Hall–Kier alpha value is -3.61. The number of aryl methyl sites for hydroxylation is 4. The number of carbonyl (C=O) groups excluding carboxylic acids is 1. The normalized spacial score (nSPS) is 11.1. The first-order valence-electron chi connectivity index (χ1n) is 9.94. The second-order valence-corrected chi connectivity index (χ2v) is 7.45. The van der Waals surface area contributed by atoms with Crippen LogP contribution in [0.2, 0.25) is 0 Å². The van der Waals surface area contributed by atoms with Crippen LogP contribution in [0.25, 0.3) is 22.2 Å². The summed E-state index contributed by atoms with van der Waals surface area (Å²) in [7, 11) is 1.88. The third kappa shape index (κ3) is 4.05. The number of aromatic nitrogens is 4. The number of anilines is 1. The quantitative estimate of drug-likeness (QED) is 0.518. The summed E-state index contributed by atoms with van der Waals surface area (Å²) in [5.74, 6) is 0.609. The highest BCUT2D eigenvalue weighted by molar-refractivity contribution is 5.85. The minimum atomic E-state index is -0.516. The van der Waals surface area contributed by atoms with E-state index in [4.69, 9.17) is 4.74 Å². The highest BCUT2D eigenvalue weighted by atomic mass is 16.5. The van der Waals surface area contributed by atoms with Gasteiger partial charge in [-0.25, -0.2) is 9.48 Å². The number of fused-ring (bicyclic) bond motifs is 1. The van der Waals surface area contributed by atoms with E-state index in [1.165, 1.54) is 5.56 Å². The van der Waals surface area contributed by atoms with Gasteiger partial charge in [0.25, 0.3) is 0 Å². The standard InChI is InChI=1S/C23H25N5O2/c1-5-28-22(12-21(26-28)19-9-6-15(2)10-16(19)3)24-23(29)30-14-17-7-8-18-13-27(4)25-20(18)11-17/h6-13H,5,14H2,1-4H3,(H,24,29). The topological polar surface area (TPSA) is 74.0 Å². The molecule has 2 aromatic heterocycles. The predicted octanol–water partition coefficient (Wildman–Crippen LogP) is 4.82. The van der Waals surface area contributed by atoms with Crippen molar-refractivity contribution in [3.8, 4) is 11.3 Å². The summed E-state index contributed by atoms with van der Waals surface area (Å²) < 4.78 is 8.94. The van der Waals surface area contributed by atoms with Crippen molar-refractivity contribution in [3.63, 3.8) is 0 Å². The summed E-state index contributed by atoms with van der Waals surface area (Å²) in [5.41, 5.74) is 5.99. The molecule has 154 valence electrons. The van der Waals surface area contributed by atoms with Gasteiger partial charge in [-0.15, -0.1) is 0 Å². The van der Waals surface area contributed by atoms with E-state index in [9.17, 15) is 4.79 Å². The maximum atomic E-state index is 12.4.